The van der Waals surface area contributed by atoms with E-state index in [1.54, 1.807) is 0 Å². The molecule has 0 aliphatic carbocycles. The summed E-state index contributed by atoms with van der Waals surface area (Å²) in [6.45, 7) is 0.944. The third kappa shape index (κ3) is 2.50. The van der Waals surface area contributed by atoms with Crippen LogP contribution in [-0.4, -0.2) is 23.5 Å². The van der Waals surface area contributed by atoms with Gasteiger partial charge in [0.15, 0.2) is 0 Å². The fourth-order valence-corrected chi connectivity index (χ4v) is 2.39. The lowest BCUT2D eigenvalue weighted by Crippen LogP contribution is -2.05. The van der Waals surface area contributed by atoms with Gasteiger partial charge in [-0.3, -0.25) is 0 Å². The SMILES string of the molecule is CSCCNc1nccc2c(Br)cccc12. The third-order valence-corrected chi connectivity index (χ3v) is 3.66. The fourth-order valence-electron chi connectivity index (χ4n) is 1.58. The van der Waals surface area contributed by atoms with Crippen molar-refractivity contribution in [1.29, 1.82) is 0 Å². The van der Waals surface area contributed by atoms with E-state index in [-0.39, 0.29) is 0 Å². The number of pyridine rings is 1. The van der Waals surface area contributed by atoms with Gasteiger partial charge in [-0.1, -0.05) is 28.1 Å². The van der Waals surface area contributed by atoms with Crippen LogP contribution in [0, 0.1) is 0 Å². The van der Waals surface area contributed by atoms with Crippen molar-refractivity contribution in [2.24, 2.45) is 0 Å². The summed E-state index contributed by atoms with van der Waals surface area (Å²) in [5.74, 6) is 2.05. The van der Waals surface area contributed by atoms with Crippen molar-refractivity contribution in [2.45, 2.75) is 0 Å². The molecule has 0 aliphatic heterocycles. The van der Waals surface area contributed by atoms with Crippen LogP contribution in [0.4, 0.5) is 5.82 Å². The Balaban J connectivity index is 2.34. The van der Waals surface area contributed by atoms with E-state index in [1.165, 1.54) is 5.39 Å². The molecule has 0 bridgehead atoms. The predicted molar refractivity (Wildman–Crippen MR) is 76.3 cm³/mol. The van der Waals surface area contributed by atoms with Gasteiger partial charge >= 0.3 is 0 Å². The summed E-state index contributed by atoms with van der Waals surface area (Å²) in [5.41, 5.74) is 0. The van der Waals surface area contributed by atoms with E-state index in [1.807, 2.05) is 36.2 Å². The molecule has 1 N–H and O–H groups in total. The van der Waals surface area contributed by atoms with Gasteiger partial charge in [-0.15, -0.1) is 0 Å². The Labute approximate surface area is 108 Å². The molecule has 0 aliphatic rings. The number of benzene rings is 1. The second-order valence-corrected chi connectivity index (χ2v) is 5.25. The molecule has 0 amide bonds. The summed E-state index contributed by atoms with van der Waals surface area (Å²) in [6, 6.07) is 8.20. The van der Waals surface area contributed by atoms with Crippen molar-refractivity contribution in [1.82, 2.24) is 4.98 Å². The molecule has 2 aromatic rings. The smallest absolute Gasteiger partial charge is 0.133 e. The van der Waals surface area contributed by atoms with Crippen LogP contribution >= 0.6 is 27.7 Å². The van der Waals surface area contributed by atoms with E-state index < -0.39 is 0 Å². The van der Waals surface area contributed by atoms with Crippen molar-refractivity contribution in [2.75, 3.05) is 23.9 Å². The van der Waals surface area contributed by atoms with Crippen LogP contribution < -0.4 is 5.32 Å². The summed E-state index contributed by atoms with van der Waals surface area (Å²) in [6.07, 6.45) is 3.95. The molecule has 84 valence electrons. The van der Waals surface area contributed by atoms with Crippen LogP contribution in [0.15, 0.2) is 34.9 Å². The molecule has 0 atom stereocenters. The van der Waals surface area contributed by atoms with E-state index in [2.05, 4.69) is 38.6 Å². The average molecular weight is 297 g/mol. The molecule has 1 aromatic heterocycles. The zero-order valence-corrected chi connectivity index (χ0v) is 11.4. The van der Waals surface area contributed by atoms with Crippen LogP contribution in [0.5, 0.6) is 0 Å². The second kappa shape index (κ2) is 5.55. The van der Waals surface area contributed by atoms with Crippen LogP contribution in [0.3, 0.4) is 0 Å². The number of fused-ring (bicyclic) bond motifs is 1. The van der Waals surface area contributed by atoms with Gasteiger partial charge in [0.1, 0.15) is 5.82 Å². The van der Waals surface area contributed by atoms with Crippen molar-refractivity contribution < 1.29 is 0 Å². The normalized spacial score (nSPS) is 10.6. The number of anilines is 1. The molecular formula is C12H13BrN2S. The van der Waals surface area contributed by atoms with Crippen LogP contribution in [-0.2, 0) is 0 Å². The number of hydrogen-bond acceptors (Lipinski definition) is 3. The average Bonchev–Trinajstić information content (AvgIpc) is 2.31. The van der Waals surface area contributed by atoms with Crippen LogP contribution in [0.25, 0.3) is 10.8 Å². The number of nitrogens with zero attached hydrogens (tertiary/aromatic N) is 1. The lowest BCUT2D eigenvalue weighted by Gasteiger charge is -2.08. The maximum Gasteiger partial charge on any atom is 0.133 e. The van der Waals surface area contributed by atoms with E-state index in [0.29, 0.717) is 0 Å². The van der Waals surface area contributed by atoms with E-state index in [4.69, 9.17) is 0 Å². The molecular weight excluding hydrogens is 284 g/mol. The van der Waals surface area contributed by atoms with Crippen molar-refractivity contribution in [3.8, 4) is 0 Å². The highest BCUT2D eigenvalue weighted by atomic mass is 79.9. The molecule has 2 rings (SSSR count). The molecule has 0 fully saturated rings. The Morgan fingerprint density at radius 1 is 1.31 bits per heavy atom. The fraction of sp³-hybridized carbons (Fsp3) is 0.250. The Bertz CT molecular complexity index is 487. The molecule has 16 heavy (non-hydrogen) atoms. The summed E-state index contributed by atoms with van der Waals surface area (Å²) in [4.78, 5) is 4.38. The molecule has 1 aromatic carbocycles. The second-order valence-electron chi connectivity index (χ2n) is 3.41. The first-order valence-corrected chi connectivity index (χ1v) is 7.27. The van der Waals surface area contributed by atoms with Gasteiger partial charge in [0.25, 0.3) is 0 Å². The summed E-state index contributed by atoms with van der Waals surface area (Å²) in [7, 11) is 0. The zero-order valence-electron chi connectivity index (χ0n) is 9.03. The maximum absolute atomic E-state index is 4.38. The summed E-state index contributed by atoms with van der Waals surface area (Å²) < 4.78 is 1.11. The first-order chi connectivity index (χ1) is 7.83. The van der Waals surface area contributed by atoms with Gasteiger partial charge in [0.2, 0.25) is 0 Å². The molecule has 2 nitrogen and oxygen atoms in total. The van der Waals surface area contributed by atoms with Crippen molar-refractivity contribution in [3.05, 3.63) is 34.9 Å². The topological polar surface area (TPSA) is 24.9 Å². The minimum atomic E-state index is 0.944. The third-order valence-electron chi connectivity index (χ3n) is 2.35. The molecule has 0 radical (unpaired) electrons. The summed E-state index contributed by atoms with van der Waals surface area (Å²) >= 11 is 5.38. The number of halogens is 1. The van der Waals surface area contributed by atoms with E-state index in [0.717, 1.165) is 28.0 Å². The number of rotatable bonds is 4. The lowest BCUT2D eigenvalue weighted by atomic mass is 10.1. The first kappa shape index (κ1) is 11.7. The standard InChI is InChI=1S/C12H13BrN2S/c1-16-8-7-15-12-10-3-2-4-11(13)9(10)5-6-14-12/h2-6H,7-8H2,1H3,(H,14,15). The van der Waals surface area contributed by atoms with Gasteiger partial charge in [0, 0.05) is 33.7 Å². The highest BCUT2D eigenvalue weighted by Gasteiger charge is 2.03. The molecule has 4 heteroatoms. The lowest BCUT2D eigenvalue weighted by molar-refractivity contribution is 1.18. The first-order valence-electron chi connectivity index (χ1n) is 5.09. The van der Waals surface area contributed by atoms with Gasteiger partial charge in [-0.2, -0.15) is 11.8 Å². The molecule has 0 saturated heterocycles. The molecule has 0 spiro atoms. The number of aromatic nitrogens is 1. The molecule has 0 unspecified atom stereocenters. The quantitative estimate of drug-likeness (QED) is 0.870. The highest BCUT2D eigenvalue weighted by Crippen LogP contribution is 2.27. The molecule has 1 heterocycles. The number of nitrogens with one attached hydrogen (secondary N) is 1. The van der Waals surface area contributed by atoms with Gasteiger partial charge in [0.05, 0.1) is 0 Å². The minimum absolute atomic E-state index is 0.944. The Morgan fingerprint density at radius 3 is 3.00 bits per heavy atom. The van der Waals surface area contributed by atoms with Gasteiger partial charge in [-0.05, 0) is 18.4 Å². The maximum atomic E-state index is 4.38. The summed E-state index contributed by atoms with van der Waals surface area (Å²) in [5, 5.41) is 5.73. The van der Waals surface area contributed by atoms with Crippen molar-refractivity contribution in [3.63, 3.8) is 0 Å². The van der Waals surface area contributed by atoms with Crippen LogP contribution in [0.2, 0.25) is 0 Å². The van der Waals surface area contributed by atoms with Crippen LogP contribution in [0.1, 0.15) is 0 Å². The minimum Gasteiger partial charge on any atom is -0.369 e. The zero-order chi connectivity index (χ0) is 11.4. The monoisotopic (exact) mass is 296 g/mol. The number of thioether (sulfide) groups is 1. The Morgan fingerprint density at radius 2 is 2.19 bits per heavy atom. The Hall–Kier alpha value is -0.740. The number of hydrogen-bond donors (Lipinski definition) is 1. The van der Waals surface area contributed by atoms with E-state index >= 15 is 0 Å². The van der Waals surface area contributed by atoms with Crippen molar-refractivity contribution >= 4 is 44.3 Å². The Kier molecular flexibility index (Phi) is 4.07. The largest absolute Gasteiger partial charge is 0.369 e. The predicted octanol–water partition coefficient (Wildman–Crippen LogP) is 3.77. The van der Waals surface area contributed by atoms with Gasteiger partial charge in [-0.25, -0.2) is 4.98 Å². The molecule has 0 saturated carbocycles. The highest BCUT2D eigenvalue weighted by molar-refractivity contribution is 9.10. The van der Waals surface area contributed by atoms with E-state index in [9.17, 15) is 0 Å². The van der Waals surface area contributed by atoms with Gasteiger partial charge < -0.3 is 5.32 Å².